The van der Waals surface area contributed by atoms with Gasteiger partial charge in [0.2, 0.25) is 0 Å². The van der Waals surface area contributed by atoms with Crippen LogP contribution < -0.4 is 5.63 Å². The molecule has 0 spiro atoms. The molecule has 5 heteroatoms. The van der Waals surface area contributed by atoms with Crippen LogP contribution in [0, 0.1) is 6.92 Å². The minimum absolute atomic E-state index is 0.171. The van der Waals surface area contributed by atoms with Crippen LogP contribution in [0.1, 0.15) is 5.56 Å². The van der Waals surface area contributed by atoms with Crippen molar-refractivity contribution in [1.29, 1.82) is 0 Å². The van der Waals surface area contributed by atoms with Crippen molar-refractivity contribution in [3.63, 3.8) is 0 Å². The predicted molar refractivity (Wildman–Crippen MR) is 80.1 cm³/mol. The molecule has 0 aliphatic rings. The zero-order valence-electron chi connectivity index (χ0n) is 11.4. The van der Waals surface area contributed by atoms with Gasteiger partial charge in [0.25, 0.3) is 0 Å². The summed E-state index contributed by atoms with van der Waals surface area (Å²) in [6, 6.07) is 17.0. The molecule has 104 valence electrons. The lowest BCUT2D eigenvalue weighted by molar-refractivity contribution is 0.394. The summed E-state index contributed by atoms with van der Waals surface area (Å²) in [5, 5.41) is 10.8. The normalized spacial score (nSPS) is 11.1. The fraction of sp³-hybridized carbons (Fsp3) is 0.0625. The van der Waals surface area contributed by atoms with E-state index in [9.17, 15) is 4.79 Å². The third-order valence-electron chi connectivity index (χ3n) is 3.11. The Morgan fingerprint density at radius 2 is 1.67 bits per heavy atom. The van der Waals surface area contributed by atoms with Gasteiger partial charge < -0.3 is 4.52 Å². The van der Waals surface area contributed by atoms with E-state index in [1.807, 2.05) is 61.5 Å². The van der Waals surface area contributed by atoms with Gasteiger partial charge in [0, 0.05) is 5.56 Å². The highest BCUT2D eigenvalue weighted by Gasteiger charge is 2.13. The number of rotatable bonds is 3. The fourth-order valence-electron chi connectivity index (χ4n) is 1.97. The summed E-state index contributed by atoms with van der Waals surface area (Å²) < 4.78 is 4.83. The second kappa shape index (κ2) is 5.58. The third kappa shape index (κ3) is 2.67. The number of benzene rings is 2. The maximum Gasteiger partial charge on any atom is 0.385 e. The lowest BCUT2D eigenvalue weighted by atomic mass is 10.1. The zero-order valence-corrected chi connectivity index (χ0v) is 11.4. The minimum Gasteiger partial charge on any atom is -0.336 e. The van der Waals surface area contributed by atoms with Gasteiger partial charge in [-0.05, 0) is 18.6 Å². The molecule has 0 radical (unpaired) electrons. The van der Waals surface area contributed by atoms with Crippen LogP contribution in [-0.4, -0.2) is 5.16 Å². The van der Waals surface area contributed by atoms with Gasteiger partial charge in [0.15, 0.2) is 5.69 Å². The van der Waals surface area contributed by atoms with Crippen LogP contribution in [0.15, 0.2) is 74.1 Å². The predicted octanol–water partition coefficient (Wildman–Crippen LogP) is 4.36. The van der Waals surface area contributed by atoms with Gasteiger partial charge in [-0.2, -0.15) is 0 Å². The maximum absolute atomic E-state index is 11.8. The number of aromatic nitrogens is 1. The zero-order chi connectivity index (χ0) is 14.7. The lowest BCUT2D eigenvalue weighted by Gasteiger charge is -1.98. The average molecular weight is 279 g/mol. The summed E-state index contributed by atoms with van der Waals surface area (Å²) in [6.07, 6.45) is 0. The van der Waals surface area contributed by atoms with Gasteiger partial charge in [0.1, 0.15) is 5.69 Å². The van der Waals surface area contributed by atoms with Crippen molar-refractivity contribution in [2.45, 2.75) is 6.92 Å². The van der Waals surface area contributed by atoms with Crippen molar-refractivity contribution >= 4 is 11.4 Å². The molecule has 0 saturated carbocycles. The maximum atomic E-state index is 11.8. The van der Waals surface area contributed by atoms with Gasteiger partial charge in [-0.3, -0.25) is 0 Å². The van der Waals surface area contributed by atoms with Crippen molar-refractivity contribution in [3.05, 3.63) is 70.6 Å². The topological polar surface area (TPSA) is 70.7 Å². The van der Waals surface area contributed by atoms with Gasteiger partial charge in [-0.1, -0.05) is 48.5 Å². The van der Waals surface area contributed by atoms with Crippen molar-refractivity contribution in [2.75, 3.05) is 0 Å². The SMILES string of the molecule is Cc1ccccc1N=Nc1c(-c2ccccc2)[nH]oc1=O. The highest BCUT2D eigenvalue weighted by molar-refractivity contribution is 5.70. The molecule has 0 saturated heterocycles. The number of nitrogens with one attached hydrogen (secondary N) is 1. The highest BCUT2D eigenvalue weighted by atomic mass is 16.5. The van der Waals surface area contributed by atoms with Crippen molar-refractivity contribution in [1.82, 2.24) is 5.16 Å². The largest absolute Gasteiger partial charge is 0.385 e. The molecule has 3 aromatic rings. The lowest BCUT2D eigenvalue weighted by Crippen LogP contribution is -1.90. The Morgan fingerprint density at radius 1 is 0.952 bits per heavy atom. The number of nitrogens with zero attached hydrogens (tertiary/aromatic N) is 2. The molecule has 0 aliphatic carbocycles. The molecule has 21 heavy (non-hydrogen) atoms. The van der Waals surface area contributed by atoms with Crippen molar-refractivity contribution in [2.24, 2.45) is 10.2 Å². The molecule has 0 fully saturated rings. The molecule has 0 bridgehead atoms. The first-order valence-electron chi connectivity index (χ1n) is 6.50. The quantitative estimate of drug-likeness (QED) is 0.723. The minimum atomic E-state index is -0.536. The van der Waals surface area contributed by atoms with E-state index in [0.29, 0.717) is 5.69 Å². The first-order valence-corrected chi connectivity index (χ1v) is 6.50. The van der Waals surface area contributed by atoms with Crippen LogP contribution in [0.2, 0.25) is 0 Å². The number of hydrogen-bond donors (Lipinski definition) is 1. The summed E-state index contributed by atoms with van der Waals surface area (Å²) in [4.78, 5) is 11.8. The molecule has 0 aliphatic heterocycles. The average Bonchev–Trinajstić information content (AvgIpc) is 2.88. The van der Waals surface area contributed by atoms with Crippen LogP contribution in [0.4, 0.5) is 11.4 Å². The molecular formula is C16H13N3O2. The number of aromatic amines is 1. The molecule has 3 rings (SSSR count). The van der Waals surface area contributed by atoms with Gasteiger partial charge in [-0.15, -0.1) is 10.2 Å². The Kier molecular flexibility index (Phi) is 3.47. The van der Waals surface area contributed by atoms with Crippen LogP contribution in [-0.2, 0) is 0 Å². The van der Waals surface area contributed by atoms with E-state index in [2.05, 4.69) is 15.4 Å². The van der Waals surface area contributed by atoms with Crippen molar-refractivity contribution < 1.29 is 4.52 Å². The monoisotopic (exact) mass is 279 g/mol. The molecule has 0 amide bonds. The Hall–Kier alpha value is -2.95. The van der Waals surface area contributed by atoms with Crippen LogP contribution in [0.3, 0.4) is 0 Å². The molecule has 1 N–H and O–H groups in total. The molecule has 1 heterocycles. The number of hydrogen-bond acceptors (Lipinski definition) is 4. The molecule has 2 aromatic carbocycles. The fourth-order valence-corrected chi connectivity index (χ4v) is 1.97. The second-order valence-electron chi connectivity index (χ2n) is 4.57. The van der Waals surface area contributed by atoms with Crippen LogP contribution in [0.25, 0.3) is 11.3 Å². The summed E-state index contributed by atoms with van der Waals surface area (Å²) >= 11 is 0. The molecule has 0 atom stereocenters. The standard InChI is InChI=1S/C16H13N3O2/c1-11-7-5-6-10-13(11)17-18-15-14(19-21-16(15)20)12-8-3-2-4-9-12/h2-10,19H,1H3. The van der Waals surface area contributed by atoms with Gasteiger partial charge in [0.05, 0.1) is 5.69 Å². The summed E-state index contributed by atoms with van der Waals surface area (Å²) in [7, 11) is 0. The van der Waals surface area contributed by atoms with E-state index in [4.69, 9.17) is 4.52 Å². The van der Waals surface area contributed by atoms with Crippen LogP contribution in [0.5, 0.6) is 0 Å². The number of H-pyrrole nitrogens is 1. The van der Waals surface area contributed by atoms with E-state index in [-0.39, 0.29) is 5.69 Å². The molecular weight excluding hydrogens is 266 g/mol. The Balaban J connectivity index is 2.02. The Morgan fingerprint density at radius 3 is 2.43 bits per heavy atom. The van der Waals surface area contributed by atoms with Gasteiger partial charge in [-0.25, -0.2) is 9.95 Å². The second-order valence-corrected chi connectivity index (χ2v) is 4.57. The van der Waals surface area contributed by atoms with Crippen molar-refractivity contribution in [3.8, 4) is 11.3 Å². The number of azo groups is 1. The van der Waals surface area contributed by atoms with E-state index >= 15 is 0 Å². The van der Waals surface area contributed by atoms with E-state index in [0.717, 1.165) is 16.8 Å². The molecule has 0 unspecified atom stereocenters. The summed E-state index contributed by atoms with van der Waals surface area (Å²) in [5.41, 5.74) is 2.69. The third-order valence-corrected chi connectivity index (χ3v) is 3.11. The van der Waals surface area contributed by atoms with Gasteiger partial charge >= 0.3 is 5.63 Å². The number of aryl methyl sites for hydroxylation is 1. The Labute approximate surface area is 120 Å². The van der Waals surface area contributed by atoms with Crippen LogP contribution >= 0.6 is 0 Å². The molecule has 5 nitrogen and oxygen atoms in total. The highest BCUT2D eigenvalue weighted by Crippen LogP contribution is 2.27. The van der Waals surface area contributed by atoms with E-state index in [1.54, 1.807) is 0 Å². The van der Waals surface area contributed by atoms with E-state index in [1.165, 1.54) is 0 Å². The Bertz CT molecular complexity index is 832. The smallest absolute Gasteiger partial charge is 0.336 e. The molecule has 1 aromatic heterocycles. The summed E-state index contributed by atoms with van der Waals surface area (Å²) in [6.45, 7) is 1.94. The first-order chi connectivity index (χ1) is 10.3. The van der Waals surface area contributed by atoms with E-state index < -0.39 is 5.63 Å². The summed E-state index contributed by atoms with van der Waals surface area (Å²) in [5.74, 6) is 0. The first kappa shape index (κ1) is 13.1.